The van der Waals surface area contributed by atoms with E-state index in [9.17, 15) is 13.2 Å². The molecule has 5 heteroatoms. The summed E-state index contributed by atoms with van der Waals surface area (Å²) in [5.41, 5.74) is 0.947. The molecule has 2 unspecified atom stereocenters. The first-order valence-electron chi connectivity index (χ1n) is 9.01. The van der Waals surface area contributed by atoms with Gasteiger partial charge in [-0.25, -0.2) is 0 Å². The third-order valence-electron chi connectivity index (χ3n) is 4.54. The summed E-state index contributed by atoms with van der Waals surface area (Å²) in [5, 5.41) is 3.07. The molecular weight excluding hydrogens is 339 g/mol. The van der Waals surface area contributed by atoms with Gasteiger partial charge < -0.3 is 10.1 Å². The molecule has 0 aromatic heterocycles. The molecule has 0 saturated carbocycles. The number of halogens is 3. The molecule has 2 aromatic carbocycles. The van der Waals surface area contributed by atoms with Gasteiger partial charge in [0.25, 0.3) is 0 Å². The maximum atomic E-state index is 12.8. The van der Waals surface area contributed by atoms with E-state index in [1.807, 2.05) is 25.1 Å². The summed E-state index contributed by atoms with van der Waals surface area (Å²) < 4.78 is 44.6. The lowest BCUT2D eigenvalue weighted by Crippen LogP contribution is -2.26. The van der Waals surface area contributed by atoms with Crippen molar-refractivity contribution in [1.82, 2.24) is 0 Å². The summed E-state index contributed by atoms with van der Waals surface area (Å²) in [6.07, 6.45) is -2.71. The summed E-state index contributed by atoms with van der Waals surface area (Å²) in [4.78, 5) is 0. The summed E-state index contributed by atoms with van der Waals surface area (Å²) in [5.74, 6) is 1.24. The maximum Gasteiger partial charge on any atom is 0.416 e. The van der Waals surface area contributed by atoms with Crippen molar-refractivity contribution in [3.8, 4) is 5.75 Å². The minimum atomic E-state index is -4.34. The highest BCUT2D eigenvalue weighted by molar-refractivity contribution is 5.46. The third-order valence-corrected chi connectivity index (χ3v) is 4.54. The van der Waals surface area contributed by atoms with E-state index >= 15 is 0 Å². The Morgan fingerprint density at radius 2 is 1.73 bits per heavy atom. The number of ether oxygens (including phenoxy) is 1. The molecule has 0 heterocycles. The van der Waals surface area contributed by atoms with Gasteiger partial charge in [-0.15, -0.1) is 0 Å². The van der Waals surface area contributed by atoms with E-state index in [2.05, 4.69) is 25.2 Å². The van der Waals surface area contributed by atoms with Crippen molar-refractivity contribution in [2.75, 3.05) is 11.9 Å². The molecule has 26 heavy (non-hydrogen) atoms. The van der Waals surface area contributed by atoms with Crippen molar-refractivity contribution in [2.24, 2.45) is 0 Å². The molecule has 0 radical (unpaired) electrons. The van der Waals surface area contributed by atoms with Crippen molar-refractivity contribution in [1.29, 1.82) is 0 Å². The number of hydrogen-bond acceptors (Lipinski definition) is 2. The van der Waals surface area contributed by atoms with Crippen LogP contribution < -0.4 is 10.1 Å². The summed E-state index contributed by atoms with van der Waals surface area (Å²) >= 11 is 0. The highest BCUT2D eigenvalue weighted by Crippen LogP contribution is 2.31. The number of alkyl halides is 3. The topological polar surface area (TPSA) is 21.3 Å². The van der Waals surface area contributed by atoms with E-state index in [4.69, 9.17) is 4.74 Å². The lowest BCUT2D eigenvalue weighted by Gasteiger charge is -2.22. The lowest BCUT2D eigenvalue weighted by atomic mass is 9.98. The lowest BCUT2D eigenvalue weighted by molar-refractivity contribution is -0.137. The van der Waals surface area contributed by atoms with Crippen LogP contribution in [0, 0.1) is 0 Å². The zero-order chi connectivity index (χ0) is 19.2. The Hall–Kier alpha value is -2.17. The molecule has 0 saturated heterocycles. The average Bonchev–Trinajstić information content (AvgIpc) is 2.64. The predicted molar refractivity (Wildman–Crippen MR) is 99.8 cm³/mol. The summed E-state index contributed by atoms with van der Waals surface area (Å²) in [6, 6.07) is 13.2. The summed E-state index contributed by atoms with van der Waals surface area (Å²) in [6.45, 7) is 6.73. The second-order valence-corrected chi connectivity index (χ2v) is 6.45. The molecule has 0 amide bonds. The zero-order valence-corrected chi connectivity index (χ0v) is 15.4. The van der Waals surface area contributed by atoms with E-state index in [-0.39, 0.29) is 6.10 Å². The number of hydrogen-bond donors (Lipinski definition) is 1. The average molecular weight is 365 g/mol. The fourth-order valence-corrected chi connectivity index (χ4v) is 2.70. The van der Waals surface area contributed by atoms with Crippen LogP contribution in [0.15, 0.2) is 48.5 Å². The Morgan fingerprint density at radius 1 is 1.00 bits per heavy atom. The highest BCUT2D eigenvalue weighted by Gasteiger charge is 2.30. The molecule has 0 aliphatic heterocycles. The minimum absolute atomic E-state index is 0.130. The highest BCUT2D eigenvalue weighted by atomic mass is 19.4. The second-order valence-electron chi connectivity index (χ2n) is 6.45. The maximum absolute atomic E-state index is 12.8. The van der Waals surface area contributed by atoms with E-state index in [1.165, 1.54) is 6.07 Å². The minimum Gasteiger partial charge on any atom is -0.488 e. The van der Waals surface area contributed by atoms with Crippen LogP contribution in [0.1, 0.15) is 50.7 Å². The zero-order valence-electron chi connectivity index (χ0n) is 15.4. The Labute approximate surface area is 153 Å². The van der Waals surface area contributed by atoms with Crippen LogP contribution in [0.3, 0.4) is 0 Å². The first-order chi connectivity index (χ1) is 12.3. The second kappa shape index (κ2) is 8.97. The molecular formula is C21H26F3NO. The van der Waals surface area contributed by atoms with Crippen LogP contribution in [-0.2, 0) is 6.18 Å². The molecule has 0 spiro atoms. The van der Waals surface area contributed by atoms with Gasteiger partial charge in [0.1, 0.15) is 11.9 Å². The van der Waals surface area contributed by atoms with E-state index in [0.29, 0.717) is 18.2 Å². The van der Waals surface area contributed by atoms with E-state index < -0.39 is 11.7 Å². The predicted octanol–water partition coefficient (Wildman–Crippen LogP) is 6.49. The van der Waals surface area contributed by atoms with Gasteiger partial charge in [0, 0.05) is 5.69 Å². The molecule has 2 rings (SSSR count). The summed E-state index contributed by atoms with van der Waals surface area (Å²) in [7, 11) is 0. The van der Waals surface area contributed by atoms with Gasteiger partial charge >= 0.3 is 6.18 Å². The van der Waals surface area contributed by atoms with Gasteiger partial charge in [-0.2, -0.15) is 13.2 Å². The molecule has 2 nitrogen and oxygen atoms in total. The number of anilines is 1. The largest absolute Gasteiger partial charge is 0.488 e. The molecule has 1 N–H and O–H groups in total. The van der Waals surface area contributed by atoms with Gasteiger partial charge in [-0.3, -0.25) is 0 Å². The Bertz CT molecular complexity index is 700. The van der Waals surface area contributed by atoms with Gasteiger partial charge in [0.15, 0.2) is 0 Å². The van der Waals surface area contributed by atoms with Crippen molar-refractivity contribution >= 4 is 5.69 Å². The van der Waals surface area contributed by atoms with Crippen LogP contribution in [0.4, 0.5) is 18.9 Å². The van der Waals surface area contributed by atoms with Crippen molar-refractivity contribution in [3.63, 3.8) is 0 Å². The van der Waals surface area contributed by atoms with Gasteiger partial charge in [-0.05, 0) is 48.6 Å². The standard InChI is InChI=1S/C21H26F3NO/c1-4-15(3)19-11-6-7-12-20(19)26-18(5-2)14-25-17-10-8-9-16(13-17)21(22,23)24/h6-13,15,18,25H,4-5,14H2,1-3H3. The molecule has 0 bridgehead atoms. The van der Waals surface area contributed by atoms with E-state index in [0.717, 1.165) is 36.3 Å². The molecule has 0 aliphatic rings. The van der Waals surface area contributed by atoms with Crippen LogP contribution in [0.25, 0.3) is 0 Å². The third kappa shape index (κ3) is 5.41. The number of benzene rings is 2. The van der Waals surface area contributed by atoms with Crippen LogP contribution >= 0.6 is 0 Å². The molecule has 142 valence electrons. The SMILES string of the molecule is CCC(CNc1cccc(C(F)(F)F)c1)Oc1ccccc1C(C)CC. The van der Waals surface area contributed by atoms with Crippen molar-refractivity contribution in [3.05, 3.63) is 59.7 Å². The Balaban J connectivity index is 2.05. The van der Waals surface area contributed by atoms with Crippen LogP contribution in [0.5, 0.6) is 5.75 Å². The van der Waals surface area contributed by atoms with Gasteiger partial charge in [0.05, 0.1) is 12.1 Å². The number of nitrogens with one attached hydrogen (secondary N) is 1. The Morgan fingerprint density at radius 3 is 2.38 bits per heavy atom. The monoisotopic (exact) mass is 365 g/mol. The van der Waals surface area contributed by atoms with Crippen LogP contribution in [-0.4, -0.2) is 12.6 Å². The smallest absolute Gasteiger partial charge is 0.416 e. The van der Waals surface area contributed by atoms with Crippen LogP contribution in [0.2, 0.25) is 0 Å². The molecule has 2 atom stereocenters. The normalized spacial score (nSPS) is 13.9. The number of rotatable bonds is 8. The molecule has 0 fully saturated rings. The fourth-order valence-electron chi connectivity index (χ4n) is 2.70. The molecule has 2 aromatic rings. The fraction of sp³-hybridized carbons (Fsp3) is 0.429. The quantitative estimate of drug-likeness (QED) is 0.577. The van der Waals surface area contributed by atoms with Crippen molar-refractivity contribution < 1.29 is 17.9 Å². The Kier molecular flexibility index (Phi) is 6.95. The van der Waals surface area contributed by atoms with Gasteiger partial charge in [0.2, 0.25) is 0 Å². The number of para-hydroxylation sites is 1. The van der Waals surface area contributed by atoms with E-state index in [1.54, 1.807) is 6.07 Å². The van der Waals surface area contributed by atoms with Gasteiger partial charge in [-0.1, -0.05) is 45.0 Å². The van der Waals surface area contributed by atoms with Crippen molar-refractivity contribution in [2.45, 2.75) is 51.8 Å². The first kappa shape index (κ1) is 20.1. The first-order valence-corrected chi connectivity index (χ1v) is 9.01. The molecule has 0 aliphatic carbocycles.